The first-order chi connectivity index (χ1) is 65.2. The van der Waals surface area contributed by atoms with Crippen molar-refractivity contribution >= 4 is 187 Å². The van der Waals surface area contributed by atoms with E-state index in [2.05, 4.69) is 365 Å². The average molecular weight is 1730 g/mol. The molecule has 624 valence electrons. The summed E-state index contributed by atoms with van der Waals surface area (Å²) < 4.78 is 17.6. The summed E-state index contributed by atoms with van der Waals surface area (Å²) in [5.74, 6) is 1.11. The fourth-order valence-corrected chi connectivity index (χ4v) is 20.0. The summed E-state index contributed by atoms with van der Waals surface area (Å²) >= 11 is 3.63. The van der Waals surface area contributed by atoms with Crippen LogP contribution in [0.3, 0.4) is 0 Å². The SMILES string of the molecule is N=C1C=C(c2ccc3oc(-c4ccc(N(c5ccccc5)c5ccc(-c6cccc(-c7ccc(N(c8ccccc8)c8ccc(-c9nc%10ccccc%10o9)cc8)cc7)c6)cc5)cc4)nc3c2)C=C/C1=N/Nc1cccc(N(c2ccc(-c3ccc(N(c4cccc(-n5nc6ccccc6n5)c4)c4ccc5sc6ccccc6c5c4)cc3)cc2)c2ccc3sc4ccccc4c3c2)c1. The standard InChI is InChI=1S/C116H76N12O2S2/c117-103-69-83(84-49-65-110-108(70-84)119-116(130-110)80-46-60-91(61-47-80)125(87-23-5-2-6-24-87)89-56-42-78(43-57-89)82-19-15-18-81(68-82)77-40-54-88(55-41-77)124(86-21-3-1-4-22-86)90-58-44-79(45-59-90)115-118-107-32-11-12-33-109(107)129-115)48-64-104(103)121-120-85-20-16-25-94(71-85)126(96-62-66-113-101(73-96)99-28-7-13-34-111(99)131-113)92-50-36-75(37-51-92)76-38-52-93(53-39-76)127(97-63-67-114-102(74-97)100-29-8-14-35-112(100)132-114)95-26-17-27-98(72-95)128-122-105-30-9-10-31-106(105)123-128/h1-74,117,120H/b117-103?,121-104-. The quantitative estimate of drug-likeness (QED) is 0.0524. The molecule has 0 unspecified atom stereocenters. The van der Waals surface area contributed by atoms with Crippen molar-refractivity contribution in [3.05, 3.63) is 455 Å². The van der Waals surface area contributed by atoms with Crippen molar-refractivity contribution in [3.8, 4) is 62.0 Å². The smallest absolute Gasteiger partial charge is 0.227 e. The summed E-state index contributed by atoms with van der Waals surface area (Å²) in [7, 11) is 0. The molecule has 1 aliphatic rings. The van der Waals surface area contributed by atoms with Crippen LogP contribution in [0, 0.1) is 5.41 Å². The van der Waals surface area contributed by atoms with Gasteiger partial charge < -0.3 is 28.4 Å². The Kier molecular flexibility index (Phi) is 19.8. The summed E-state index contributed by atoms with van der Waals surface area (Å²) in [4.78, 5) is 20.7. The molecule has 23 aromatic rings. The molecule has 0 saturated carbocycles. The van der Waals surface area contributed by atoms with Crippen LogP contribution in [0.2, 0.25) is 0 Å². The number of allylic oxidation sites excluding steroid dienone is 4. The fourth-order valence-electron chi connectivity index (χ4n) is 17.9. The topological polar surface area (TPSA) is 144 Å². The summed E-state index contributed by atoms with van der Waals surface area (Å²) in [6.45, 7) is 0. The van der Waals surface area contributed by atoms with E-state index in [4.69, 9.17) is 34.1 Å². The number of rotatable bonds is 21. The number of aromatic nitrogens is 5. The summed E-state index contributed by atoms with van der Waals surface area (Å²) in [5.41, 5.74) is 32.7. The minimum Gasteiger partial charge on any atom is -0.436 e. The van der Waals surface area contributed by atoms with E-state index in [9.17, 15) is 5.41 Å². The van der Waals surface area contributed by atoms with Gasteiger partial charge in [-0.25, -0.2) is 9.97 Å². The number of oxazole rings is 2. The molecular weight excluding hydrogens is 1660 g/mol. The largest absolute Gasteiger partial charge is 0.436 e. The maximum absolute atomic E-state index is 9.35. The fraction of sp³-hybridized carbons (Fsp3) is 0. The zero-order chi connectivity index (χ0) is 87.5. The van der Waals surface area contributed by atoms with Crippen molar-refractivity contribution in [2.45, 2.75) is 0 Å². The minimum atomic E-state index is 0.268. The van der Waals surface area contributed by atoms with Crippen molar-refractivity contribution in [1.82, 2.24) is 25.0 Å². The number of hydrazone groups is 1. The molecule has 0 spiro atoms. The number of para-hydroxylation sites is 4. The van der Waals surface area contributed by atoms with E-state index in [-0.39, 0.29) is 5.71 Å². The number of hydrogen-bond donors (Lipinski definition) is 2. The number of anilines is 13. The summed E-state index contributed by atoms with van der Waals surface area (Å²) in [6.07, 6.45) is 5.74. The van der Waals surface area contributed by atoms with Crippen LogP contribution in [0.25, 0.3) is 141 Å². The number of nitrogens with one attached hydrogen (secondary N) is 2. The molecule has 24 rings (SSSR count). The molecule has 132 heavy (non-hydrogen) atoms. The Bertz CT molecular complexity index is 8390. The highest BCUT2D eigenvalue weighted by Gasteiger charge is 2.24. The van der Waals surface area contributed by atoms with Gasteiger partial charge in [-0.1, -0.05) is 188 Å². The Labute approximate surface area is 767 Å². The molecular formula is C116H76N12O2S2. The normalized spacial score (nSPS) is 12.4. The second-order valence-corrected chi connectivity index (χ2v) is 34.8. The first-order valence-corrected chi connectivity index (χ1v) is 45.3. The van der Waals surface area contributed by atoms with E-state index >= 15 is 0 Å². The van der Waals surface area contributed by atoms with Crippen LogP contribution in [-0.4, -0.2) is 36.4 Å². The third-order valence-electron chi connectivity index (χ3n) is 24.4. The predicted molar refractivity (Wildman–Crippen MR) is 548 cm³/mol. The van der Waals surface area contributed by atoms with Crippen molar-refractivity contribution in [2.24, 2.45) is 5.10 Å². The molecule has 14 nitrogen and oxygen atoms in total. The molecule has 0 atom stereocenters. The van der Waals surface area contributed by atoms with Gasteiger partial charge in [0.25, 0.3) is 0 Å². The summed E-state index contributed by atoms with van der Waals surface area (Å²) in [6, 6.07) is 151. The van der Waals surface area contributed by atoms with Gasteiger partial charge in [-0.15, -0.1) is 32.9 Å². The lowest BCUT2D eigenvalue weighted by Gasteiger charge is -2.27. The third-order valence-corrected chi connectivity index (χ3v) is 26.7. The monoisotopic (exact) mass is 1730 g/mol. The Hall–Kier alpha value is -17.4. The van der Waals surface area contributed by atoms with E-state index in [0.29, 0.717) is 28.6 Å². The predicted octanol–water partition coefficient (Wildman–Crippen LogP) is 32.1. The van der Waals surface area contributed by atoms with E-state index in [1.54, 1.807) is 16.1 Å². The zero-order valence-corrected chi connectivity index (χ0v) is 72.5. The Morgan fingerprint density at radius 1 is 0.273 bits per heavy atom. The molecule has 16 heteroatoms. The van der Waals surface area contributed by atoms with E-state index < -0.39 is 0 Å². The Morgan fingerprint density at radius 2 is 0.652 bits per heavy atom. The third kappa shape index (κ3) is 15.0. The molecule has 0 aliphatic heterocycles. The molecule has 2 N–H and O–H groups in total. The van der Waals surface area contributed by atoms with Crippen LogP contribution in [0.5, 0.6) is 0 Å². The number of hydrogen-bond acceptors (Lipinski definition) is 15. The number of fused-ring (bicyclic) bond motifs is 9. The van der Waals surface area contributed by atoms with Gasteiger partial charge in [0.1, 0.15) is 27.8 Å². The molecule has 0 fully saturated rings. The number of benzene rings is 18. The molecule has 0 radical (unpaired) electrons. The second-order valence-electron chi connectivity index (χ2n) is 32.6. The van der Waals surface area contributed by atoms with Crippen LogP contribution in [-0.2, 0) is 0 Å². The second kappa shape index (κ2) is 33.4. The highest BCUT2D eigenvalue weighted by molar-refractivity contribution is 7.26. The van der Waals surface area contributed by atoms with Gasteiger partial charge in [-0.3, -0.25) is 10.8 Å². The Balaban J connectivity index is 0.458. The first kappa shape index (κ1) is 78.1. The van der Waals surface area contributed by atoms with Gasteiger partial charge in [0.05, 0.1) is 17.1 Å². The zero-order valence-electron chi connectivity index (χ0n) is 70.8. The van der Waals surface area contributed by atoms with Gasteiger partial charge in [0.2, 0.25) is 11.8 Å². The molecule has 5 aromatic heterocycles. The minimum absolute atomic E-state index is 0.268. The van der Waals surface area contributed by atoms with Crippen LogP contribution < -0.4 is 25.0 Å². The Morgan fingerprint density at radius 3 is 1.16 bits per heavy atom. The lowest BCUT2D eigenvalue weighted by atomic mass is 9.97. The highest BCUT2D eigenvalue weighted by Crippen LogP contribution is 2.47. The lowest BCUT2D eigenvalue weighted by molar-refractivity contribution is 0.619. The van der Waals surface area contributed by atoms with Gasteiger partial charge in [-0.2, -0.15) is 9.90 Å². The van der Waals surface area contributed by atoms with E-state index in [1.807, 2.05) is 121 Å². The average Bonchev–Trinajstić information content (AvgIpc) is 1.61. The van der Waals surface area contributed by atoms with E-state index in [1.165, 1.54) is 40.3 Å². The van der Waals surface area contributed by atoms with Crippen LogP contribution in [0.4, 0.5) is 73.9 Å². The van der Waals surface area contributed by atoms with Crippen LogP contribution in [0.15, 0.2) is 463 Å². The highest BCUT2D eigenvalue weighted by atomic mass is 32.1. The molecule has 5 heterocycles. The maximum atomic E-state index is 9.35. The van der Waals surface area contributed by atoms with Gasteiger partial charge in [0.15, 0.2) is 11.2 Å². The maximum Gasteiger partial charge on any atom is 0.227 e. The van der Waals surface area contributed by atoms with Gasteiger partial charge in [0, 0.05) is 120 Å². The molecule has 18 aromatic carbocycles. The number of nitrogens with zero attached hydrogens (tertiary/aromatic N) is 10. The summed E-state index contributed by atoms with van der Waals surface area (Å²) in [5, 5.41) is 28.8. The van der Waals surface area contributed by atoms with Gasteiger partial charge >= 0.3 is 0 Å². The van der Waals surface area contributed by atoms with Crippen molar-refractivity contribution in [3.63, 3.8) is 0 Å². The van der Waals surface area contributed by atoms with Crippen LogP contribution >= 0.6 is 22.7 Å². The first-order valence-electron chi connectivity index (χ1n) is 43.7. The van der Waals surface area contributed by atoms with Crippen molar-refractivity contribution < 1.29 is 8.83 Å². The van der Waals surface area contributed by atoms with Gasteiger partial charge in [-0.05, 0) is 305 Å². The van der Waals surface area contributed by atoms with E-state index in [0.717, 1.165) is 157 Å². The molecule has 0 bridgehead atoms. The molecule has 0 amide bonds. The number of thiophene rings is 2. The lowest BCUT2D eigenvalue weighted by Crippen LogP contribution is -2.14. The van der Waals surface area contributed by atoms with Crippen LogP contribution in [0.1, 0.15) is 5.56 Å². The van der Waals surface area contributed by atoms with Crippen molar-refractivity contribution in [2.75, 3.05) is 25.0 Å². The molecule has 1 aliphatic carbocycles. The van der Waals surface area contributed by atoms with Crippen molar-refractivity contribution in [1.29, 1.82) is 5.41 Å². The molecule has 0 saturated heterocycles.